The summed E-state index contributed by atoms with van der Waals surface area (Å²) in [5.74, 6) is -9.93. The SMILES string of the molecule is COC(=O)C(O)C1C2(C)CC3(O)C4C(O)(OC5C(=O)OC(c6ccoc6)C6(C)CCC(C4(O)C56)C13C)C2=O. The third kappa shape index (κ3) is 2.17. The molecule has 1 aromatic heterocycles. The predicted octanol–water partition coefficient (Wildman–Crippen LogP) is 0.238. The van der Waals surface area contributed by atoms with Gasteiger partial charge in [0.2, 0.25) is 5.79 Å². The molecule has 0 radical (unpaired) electrons. The molecule has 6 aliphatic rings. The van der Waals surface area contributed by atoms with Crippen LogP contribution in [0.2, 0.25) is 0 Å². The Labute approximate surface area is 218 Å². The van der Waals surface area contributed by atoms with Crippen molar-refractivity contribution in [1.82, 2.24) is 0 Å². The van der Waals surface area contributed by atoms with E-state index >= 15 is 0 Å². The molecule has 4 N–H and O–H groups in total. The van der Waals surface area contributed by atoms with Gasteiger partial charge in [-0.2, -0.15) is 0 Å². The number of rotatable bonds is 3. The molecule has 4 saturated carbocycles. The molecular formula is C27H32O11. The Morgan fingerprint density at radius 3 is 2.53 bits per heavy atom. The van der Waals surface area contributed by atoms with Crippen molar-refractivity contribution in [2.75, 3.05) is 7.11 Å². The molecule has 1 aromatic rings. The minimum Gasteiger partial charge on any atom is -0.472 e. The van der Waals surface area contributed by atoms with Crippen LogP contribution in [0.4, 0.5) is 0 Å². The van der Waals surface area contributed by atoms with Gasteiger partial charge in [-0.15, -0.1) is 0 Å². The summed E-state index contributed by atoms with van der Waals surface area (Å²) in [6, 6.07) is 1.68. The van der Waals surface area contributed by atoms with E-state index in [1.165, 1.54) is 19.5 Å². The molecule has 7 rings (SSSR count). The molecular weight excluding hydrogens is 500 g/mol. The van der Waals surface area contributed by atoms with E-state index in [1.807, 2.05) is 6.92 Å². The lowest BCUT2D eigenvalue weighted by Gasteiger charge is -2.67. The summed E-state index contributed by atoms with van der Waals surface area (Å²) in [6.07, 6.45) is -0.632. The fourth-order valence-corrected chi connectivity index (χ4v) is 10.8. The summed E-state index contributed by atoms with van der Waals surface area (Å²) in [7, 11) is 1.12. The highest BCUT2D eigenvalue weighted by Crippen LogP contribution is 2.84. The quantitative estimate of drug-likeness (QED) is 0.393. The number of ether oxygens (including phenoxy) is 3. The second-order valence-electron chi connectivity index (χ2n) is 13.1. The van der Waals surface area contributed by atoms with Crippen molar-refractivity contribution in [3.8, 4) is 0 Å². The fourth-order valence-electron chi connectivity index (χ4n) is 10.8. The molecule has 2 aliphatic heterocycles. The summed E-state index contributed by atoms with van der Waals surface area (Å²) in [6.45, 7) is 5.02. The van der Waals surface area contributed by atoms with E-state index in [4.69, 9.17) is 18.6 Å². The van der Waals surface area contributed by atoms with E-state index in [0.29, 0.717) is 18.4 Å². The van der Waals surface area contributed by atoms with Gasteiger partial charge in [-0.05, 0) is 31.2 Å². The highest BCUT2D eigenvalue weighted by atomic mass is 16.7. The first-order chi connectivity index (χ1) is 17.7. The zero-order valence-corrected chi connectivity index (χ0v) is 21.5. The molecule has 4 aliphatic carbocycles. The average Bonchev–Trinajstić information content (AvgIpc) is 3.46. The largest absolute Gasteiger partial charge is 0.472 e. The standard InChI is InChI=1S/C27H32O11/c1-22-7-5-12-24(3)15(13(28)18(29)35-4)23(2)10-25(24,32)20-26(12,33)16(22)14(38-27(20,34)21(23)31)19(30)37-17(22)11-6-8-36-9-11/h6,8-9,12-17,20,28,32-34H,5,7,10H2,1-4H3. The van der Waals surface area contributed by atoms with Crippen molar-refractivity contribution in [2.24, 2.45) is 39.9 Å². The number of hydrogen-bond donors (Lipinski definition) is 4. The molecule has 2 bridgehead atoms. The molecule has 0 spiro atoms. The van der Waals surface area contributed by atoms with Crippen LogP contribution in [0.15, 0.2) is 23.0 Å². The van der Waals surface area contributed by atoms with E-state index in [-0.39, 0.29) is 6.42 Å². The Bertz CT molecular complexity index is 1280. The summed E-state index contributed by atoms with van der Waals surface area (Å²) < 4.78 is 21.9. The van der Waals surface area contributed by atoms with Crippen molar-refractivity contribution in [1.29, 1.82) is 0 Å². The lowest BCUT2D eigenvalue weighted by molar-refractivity contribution is -0.387. The van der Waals surface area contributed by atoms with Gasteiger partial charge in [0, 0.05) is 33.6 Å². The van der Waals surface area contributed by atoms with Gasteiger partial charge >= 0.3 is 11.9 Å². The minimum atomic E-state index is -2.75. The zero-order chi connectivity index (χ0) is 27.4. The van der Waals surface area contributed by atoms with Crippen LogP contribution in [-0.2, 0) is 28.6 Å². The molecule has 3 heterocycles. The van der Waals surface area contributed by atoms with Gasteiger partial charge in [0.25, 0.3) is 0 Å². The fraction of sp³-hybridized carbons (Fsp3) is 0.741. The maximum atomic E-state index is 14.2. The van der Waals surface area contributed by atoms with Gasteiger partial charge in [-0.1, -0.05) is 20.8 Å². The first-order valence-corrected chi connectivity index (χ1v) is 13.1. The summed E-state index contributed by atoms with van der Waals surface area (Å²) in [4.78, 5) is 40.3. The van der Waals surface area contributed by atoms with E-state index < -0.39 is 92.9 Å². The van der Waals surface area contributed by atoms with Crippen molar-refractivity contribution < 1.29 is 53.4 Å². The van der Waals surface area contributed by atoms with E-state index in [0.717, 1.165) is 7.11 Å². The molecule has 13 atom stereocenters. The van der Waals surface area contributed by atoms with Gasteiger partial charge < -0.3 is 39.1 Å². The Hall–Kier alpha value is -2.31. The third-order valence-corrected chi connectivity index (χ3v) is 11.8. The molecule has 11 heteroatoms. The monoisotopic (exact) mass is 532 g/mol. The van der Waals surface area contributed by atoms with Crippen molar-refractivity contribution in [3.05, 3.63) is 24.2 Å². The van der Waals surface area contributed by atoms with Gasteiger partial charge in [-0.25, -0.2) is 9.59 Å². The molecule has 0 amide bonds. The number of carbonyl (C=O) groups excluding carboxylic acids is 3. The molecule has 0 aromatic carbocycles. The molecule has 11 nitrogen and oxygen atoms in total. The lowest BCUT2D eigenvalue weighted by atomic mass is 9.44. The highest BCUT2D eigenvalue weighted by Gasteiger charge is 2.95. The zero-order valence-electron chi connectivity index (χ0n) is 21.5. The van der Waals surface area contributed by atoms with Gasteiger partial charge in [0.05, 0.1) is 36.8 Å². The Morgan fingerprint density at radius 2 is 1.89 bits per heavy atom. The van der Waals surface area contributed by atoms with Gasteiger partial charge in [-0.3, -0.25) is 4.79 Å². The molecule has 13 unspecified atom stereocenters. The maximum absolute atomic E-state index is 14.2. The Balaban J connectivity index is 1.50. The highest BCUT2D eigenvalue weighted by molar-refractivity contribution is 5.96. The number of hydrogen-bond acceptors (Lipinski definition) is 11. The van der Waals surface area contributed by atoms with Crippen molar-refractivity contribution in [3.63, 3.8) is 0 Å². The first kappa shape index (κ1) is 24.7. The topological polar surface area (TPSA) is 173 Å². The number of aliphatic hydroxyl groups excluding tert-OH is 1. The number of ketones is 1. The van der Waals surface area contributed by atoms with Crippen LogP contribution in [0, 0.1) is 39.9 Å². The second kappa shape index (κ2) is 6.69. The normalized spacial score (nSPS) is 56.4. The minimum absolute atomic E-state index is 0.201. The number of Topliss-reactive ketones (excluding diaryl/α,β-unsaturated/α-hetero) is 1. The van der Waals surface area contributed by atoms with Gasteiger partial charge in [0.15, 0.2) is 18.0 Å². The van der Waals surface area contributed by atoms with Gasteiger partial charge in [0.1, 0.15) is 6.10 Å². The number of aliphatic hydroxyl groups is 4. The number of esters is 2. The first-order valence-electron chi connectivity index (χ1n) is 13.1. The molecule has 206 valence electrons. The van der Waals surface area contributed by atoms with Crippen molar-refractivity contribution >= 4 is 17.7 Å². The van der Waals surface area contributed by atoms with Crippen molar-refractivity contribution in [2.45, 2.75) is 75.3 Å². The smallest absolute Gasteiger partial charge is 0.336 e. The Morgan fingerprint density at radius 1 is 1.18 bits per heavy atom. The number of methoxy groups -OCH3 is 1. The lowest BCUT2D eigenvalue weighted by Crippen LogP contribution is -2.80. The predicted molar refractivity (Wildman–Crippen MR) is 122 cm³/mol. The van der Waals surface area contributed by atoms with Crippen LogP contribution < -0.4 is 0 Å². The third-order valence-electron chi connectivity index (χ3n) is 11.8. The van der Waals surface area contributed by atoms with Crippen LogP contribution >= 0.6 is 0 Å². The summed E-state index contributed by atoms with van der Waals surface area (Å²) in [5, 5.41) is 48.8. The maximum Gasteiger partial charge on any atom is 0.336 e. The number of cyclic esters (lactones) is 1. The average molecular weight is 533 g/mol. The number of furan rings is 1. The second-order valence-corrected chi connectivity index (χ2v) is 13.1. The van der Waals surface area contributed by atoms with Crippen LogP contribution in [0.5, 0.6) is 0 Å². The van der Waals surface area contributed by atoms with E-state index in [1.54, 1.807) is 13.0 Å². The number of carbonyl (C=O) groups is 3. The van der Waals surface area contributed by atoms with Crippen LogP contribution in [-0.4, -0.2) is 74.5 Å². The van der Waals surface area contributed by atoms with Crippen LogP contribution in [0.3, 0.4) is 0 Å². The Kier molecular flexibility index (Phi) is 4.35. The summed E-state index contributed by atoms with van der Waals surface area (Å²) in [5.41, 5.74) is -7.24. The molecule has 2 saturated heterocycles. The summed E-state index contributed by atoms with van der Waals surface area (Å²) >= 11 is 0. The molecule has 6 fully saturated rings. The van der Waals surface area contributed by atoms with Crippen LogP contribution in [0.25, 0.3) is 0 Å². The van der Waals surface area contributed by atoms with E-state index in [9.17, 15) is 34.8 Å². The number of fused-ring (bicyclic) bond motifs is 2. The molecule has 38 heavy (non-hydrogen) atoms. The van der Waals surface area contributed by atoms with E-state index in [2.05, 4.69) is 0 Å². The van der Waals surface area contributed by atoms with Crippen LogP contribution in [0.1, 0.15) is 51.7 Å².